The lowest BCUT2D eigenvalue weighted by Crippen LogP contribution is -2.19. The third-order valence-electron chi connectivity index (χ3n) is 5.70. The molecule has 0 saturated heterocycles. The van der Waals surface area contributed by atoms with Crippen LogP contribution in [0.25, 0.3) is 28.0 Å². The number of pyridine rings is 1. The summed E-state index contributed by atoms with van der Waals surface area (Å²) in [5.41, 5.74) is 6.22. The van der Waals surface area contributed by atoms with Crippen LogP contribution in [0.5, 0.6) is 0 Å². The topological polar surface area (TPSA) is 59.7 Å². The number of rotatable bonds is 5. The van der Waals surface area contributed by atoms with E-state index in [1.54, 1.807) is 12.4 Å². The zero-order valence-electron chi connectivity index (χ0n) is 18.4. The van der Waals surface area contributed by atoms with E-state index in [1.807, 2.05) is 53.2 Å². The molecule has 5 rings (SSSR count). The first-order valence-electron chi connectivity index (χ1n) is 10.6. The van der Waals surface area contributed by atoms with Gasteiger partial charge in [0.1, 0.15) is 5.82 Å². The van der Waals surface area contributed by atoms with Crippen LogP contribution in [0, 0.1) is 13.8 Å². The Labute approximate surface area is 187 Å². The smallest absolute Gasteiger partial charge is 0.163 e. The van der Waals surface area contributed by atoms with Crippen LogP contribution in [0.1, 0.15) is 17.0 Å². The first-order valence-corrected chi connectivity index (χ1v) is 10.6. The summed E-state index contributed by atoms with van der Waals surface area (Å²) in [7, 11) is 2.07. The first kappa shape index (κ1) is 19.9. The Morgan fingerprint density at radius 2 is 1.66 bits per heavy atom. The minimum absolute atomic E-state index is 0.673. The van der Waals surface area contributed by atoms with Crippen molar-refractivity contribution in [2.24, 2.45) is 0 Å². The monoisotopic (exact) mass is 420 g/mol. The molecule has 0 atom stereocenters. The lowest BCUT2D eigenvalue weighted by Gasteiger charge is -2.21. The predicted octanol–water partition coefficient (Wildman–Crippen LogP) is 5.13. The Bertz CT molecular complexity index is 1380. The number of aryl methyl sites for hydroxylation is 1. The molecule has 0 radical (unpaired) electrons. The van der Waals surface area contributed by atoms with Gasteiger partial charge in [0, 0.05) is 48.2 Å². The van der Waals surface area contributed by atoms with E-state index < -0.39 is 0 Å². The summed E-state index contributed by atoms with van der Waals surface area (Å²) in [5, 5.41) is 5.83. The molecule has 0 N–H and O–H groups in total. The van der Waals surface area contributed by atoms with Crippen LogP contribution in [0.4, 0.5) is 5.82 Å². The molecule has 3 aromatic heterocycles. The molecule has 0 fully saturated rings. The lowest BCUT2D eigenvalue weighted by molar-refractivity contribution is 0.830. The quantitative estimate of drug-likeness (QED) is 0.394. The summed E-state index contributed by atoms with van der Waals surface area (Å²) in [6.45, 7) is 4.88. The second-order valence-electron chi connectivity index (χ2n) is 7.88. The molecule has 0 aliphatic rings. The molecule has 0 aliphatic carbocycles. The van der Waals surface area contributed by atoms with Gasteiger partial charge in [-0.2, -0.15) is 5.10 Å². The largest absolute Gasteiger partial charge is 0.355 e. The van der Waals surface area contributed by atoms with E-state index in [0.29, 0.717) is 12.4 Å². The molecule has 6 heteroatoms. The molecular weight excluding hydrogens is 396 g/mol. The number of hydrogen-bond donors (Lipinski definition) is 0. The van der Waals surface area contributed by atoms with Gasteiger partial charge in [0.25, 0.3) is 0 Å². The van der Waals surface area contributed by atoms with Crippen LogP contribution in [0.15, 0.2) is 79.1 Å². The molecule has 0 unspecified atom stereocenters. The van der Waals surface area contributed by atoms with Crippen molar-refractivity contribution in [2.45, 2.75) is 20.4 Å². The maximum absolute atomic E-state index is 4.94. The van der Waals surface area contributed by atoms with Gasteiger partial charge >= 0.3 is 0 Å². The van der Waals surface area contributed by atoms with E-state index >= 15 is 0 Å². The molecule has 3 heterocycles. The van der Waals surface area contributed by atoms with Crippen LogP contribution in [0.3, 0.4) is 0 Å². The Hall–Kier alpha value is -4.06. The minimum Gasteiger partial charge on any atom is -0.355 e. The second kappa shape index (κ2) is 8.23. The Morgan fingerprint density at radius 1 is 0.875 bits per heavy atom. The fourth-order valence-corrected chi connectivity index (χ4v) is 4.01. The fraction of sp³-hybridized carbons (Fsp3) is 0.154. The van der Waals surface area contributed by atoms with Crippen molar-refractivity contribution in [2.75, 3.05) is 11.9 Å². The number of nitrogens with zero attached hydrogens (tertiary/aromatic N) is 6. The minimum atomic E-state index is 0.673. The van der Waals surface area contributed by atoms with Gasteiger partial charge in [-0.05, 0) is 50.2 Å². The van der Waals surface area contributed by atoms with Gasteiger partial charge < -0.3 is 4.90 Å². The molecule has 5 aromatic rings. The van der Waals surface area contributed by atoms with Crippen LogP contribution < -0.4 is 4.90 Å². The van der Waals surface area contributed by atoms with Crippen LogP contribution in [0.2, 0.25) is 0 Å². The van der Waals surface area contributed by atoms with E-state index in [2.05, 4.69) is 49.0 Å². The number of fused-ring (bicyclic) bond motifs is 1. The SMILES string of the molecule is Cc1nn(-c2ccccc2)c(C)c1CN(C)c1nc(-c2cccnc2)nc2ccccc12. The highest BCUT2D eigenvalue weighted by molar-refractivity contribution is 5.91. The predicted molar refractivity (Wildman–Crippen MR) is 128 cm³/mol. The Morgan fingerprint density at radius 3 is 2.44 bits per heavy atom. The molecule has 6 nitrogen and oxygen atoms in total. The maximum atomic E-state index is 4.94. The summed E-state index contributed by atoms with van der Waals surface area (Å²) in [4.78, 5) is 16.1. The summed E-state index contributed by atoms with van der Waals surface area (Å²) >= 11 is 0. The zero-order valence-corrected chi connectivity index (χ0v) is 18.4. The highest BCUT2D eigenvalue weighted by Gasteiger charge is 2.18. The summed E-state index contributed by atoms with van der Waals surface area (Å²) < 4.78 is 2.01. The van der Waals surface area contributed by atoms with Gasteiger partial charge in [0.05, 0.1) is 16.9 Å². The van der Waals surface area contributed by atoms with Gasteiger partial charge in [-0.25, -0.2) is 14.6 Å². The molecule has 0 amide bonds. The molecule has 0 bridgehead atoms. The average molecular weight is 421 g/mol. The number of anilines is 1. The molecule has 0 saturated carbocycles. The van der Waals surface area contributed by atoms with Gasteiger partial charge in [-0.3, -0.25) is 4.98 Å². The highest BCUT2D eigenvalue weighted by atomic mass is 15.3. The van der Waals surface area contributed by atoms with Crippen LogP contribution in [-0.4, -0.2) is 31.8 Å². The van der Waals surface area contributed by atoms with Crippen molar-refractivity contribution >= 4 is 16.7 Å². The number of aromatic nitrogens is 5. The van der Waals surface area contributed by atoms with Crippen molar-refractivity contribution in [1.82, 2.24) is 24.7 Å². The lowest BCUT2D eigenvalue weighted by atomic mass is 10.1. The Kier molecular flexibility index (Phi) is 5.11. The average Bonchev–Trinajstić information content (AvgIpc) is 3.12. The third-order valence-corrected chi connectivity index (χ3v) is 5.70. The van der Waals surface area contributed by atoms with Gasteiger partial charge in [-0.15, -0.1) is 0 Å². The molecule has 2 aromatic carbocycles. The molecule has 32 heavy (non-hydrogen) atoms. The molecular formula is C26H24N6. The van der Waals surface area contributed by atoms with Gasteiger partial charge in [0.15, 0.2) is 5.82 Å². The van der Waals surface area contributed by atoms with E-state index in [9.17, 15) is 0 Å². The number of hydrogen-bond acceptors (Lipinski definition) is 5. The van der Waals surface area contributed by atoms with E-state index in [4.69, 9.17) is 15.1 Å². The summed E-state index contributed by atoms with van der Waals surface area (Å²) in [5.74, 6) is 1.56. The number of benzene rings is 2. The van der Waals surface area contributed by atoms with E-state index in [1.165, 1.54) is 5.56 Å². The molecule has 0 aliphatic heterocycles. The molecule has 0 spiro atoms. The highest BCUT2D eigenvalue weighted by Crippen LogP contribution is 2.29. The van der Waals surface area contributed by atoms with Crippen molar-refractivity contribution in [3.05, 3.63) is 96.1 Å². The number of para-hydroxylation sites is 2. The second-order valence-corrected chi connectivity index (χ2v) is 7.88. The normalized spacial score (nSPS) is 11.1. The zero-order chi connectivity index (χ0) is 22.1. The summed E-state index contributed by atoms with van der Waals surface area (Å²) in [6.07, 6.45) is 3.56. The molecule has 158 valence electrons. The van der Waals surface area contributed by atoms with Crippen molar-refractivity contribution < 1.29 is 0 Å². The first-order chi connectivity index (χ1) is 15.6. The van der Waals surface area contributed by atoms with Crippen molar-refractivity contribution in [3.63, 3.8) is 0 Å². The van der Waals surface area contributed by atoms with E-state index in [-0.39, 0.29) is 0 Å². The van der Waals surface area contributed by atoms with Crippen molar-refractivity contribution in [1.29, 1.82) is 0 Å². The third kappa shape index (κ3) is 3.60. The summed E-state index contributed by atoms with van der Waals surface area (Å²) in [6, 6.07) is 22.2. The van der Waals surface area contributed by atoms with Crippen molar-refractivity contribution in [3.8, 4) is 17.1 Å². The maximum Gasteiger partial charge on any atom is 0.163 e. The Balaban J connectivity index is 1.56. The standard InChI is InChI=1S/C26H24N6/c1-18-23(19(2)32(30-18)21-11-5-4-6-12-21)17-31(3)26-22-13-7-8-14-24(22)28-25(29-26)20-10-9-15-27-16-20/h4-16H,17H2,1-3H3. The van der Waals surface area contributed by atoms with Gasteiger partial charge in [0.2, 0.25) is 0 Å². The van der Waals surface area contributed by atoms with Crippen LogP contribution in [-0.2, 0) is 6.54 Å². The van der Waals surface area contributed by atoms with Gasteiger partial charge in [-0.1, -0.05) is 30.3 Å². The fourth-order valence-electron chi connectivity index (χ4n) is 4.01. The van der Waals surface area contributed by atoms with E-state index in [0.717, 1.165) is 39.4 Å². The van der Waals surface area contributed by atoms with Crippen LogP contribution >= 0.6 is 0 Å².